The van der Waals surface area contributed by atoms with Gasteiger partial charge in [0.15, 0.2) is 0 Å². The van der Waals surface area contributed by atoms with E-state index in [-0.39, 0.29) is 11.4 Å². The maximum Gasteiger partial charge on any atom is 0.271 e. The molecule has 0 aliphatic carbocycles. The van der Waals surface area contributed by atoms with Crippen LogP contribution in [0.2, 0.25) is 0 Å². The molecule has 1 heterocycles. The summed E-state index contributed by atoms with van der Waals surface area (Å²) in [6, 6.07) is 7.69. The van der Waals surface area contributed by atoms with Gasteiger partial charge in [-0.3, -0.25) is 4.79 Å². The topological polar surface area (TPSA) is 34.9 Å². The maximum atomic E-state index is 11.9. The van der Waals surface area contributed by atoms with E-state index in [2.05, 4.69) is 4.98 Å². The molecule has 2 rings (SSSR count). The predicted molar refractivity (Wildman–Crippen MR) is 63.9 cm³/mol. The Morgan fingerprint density at radius 3 is 2.73 bits per heavy atom. The Balaban J connectivity index is 2.89. The Bertz CT molecular complexity index is 560. The van der Waals surface area contributed by atoms with Crippen molar-refractivity contribution in [3.63, 3.8) is 0 Å². The molecule has 0 fully saturated rings. The van der Waals surface area contributed by atoms with Gasteiger partial charge in [-0.1, -0.05) is 19.1 Å². The summed E-state index contributed by atoms with van der Waals surface area (Å²) in [5, 5.41) is 0. The summed E-state index contributed by atoms with van der Waals surface area (Å²) in [6.45, 7) is 1.98. The molecule has 1 aromatic heterocycles. The van der Waals surface area contributed by atoms with Gasteiger partial charge in [-0.2, -0.15) is 0 Å². The van der Waals surface area contributed by atoms with Crippen LogP contribution in [0.4, 0.5) is 0 Å². The van der Waals surface area contributed by atoms with Gasteiger partial charge < -0.3 is 4.57 Å². The number of hydrogen-bond acceptors (Lipinski definition) is 2. The molecule has 0 N–H and O–H groups in total. The average Bonchev–Trinajstić information content (AvgIpc) is 2.23. The molecular weight excluding hydrogens is 187 g/mol. The number of para-hydroxylation sites is 2. The van der Waals surface area contributed by atoms with Crippen LogP contribution >= 0.6 is 0 Å². The number of fused-ring (bicyclic) bond motifs is 1. The molecule has 0 radical (unpaired) electrons. The molecule has 0 aliphatic rings. The van der Waals surface area contributed by atoms with E-state index in [1.54, 1.807) is 11.6 Å². The molecule has 2 aromatic rings. The van der Waals surface area contributed by atoms with E-state index in [4.69, 9.17) is 0 Å². The quantitative estimate of drug-likeness (QED) is 0.632. The molecule has 0 spiro atoms. The fourth-order valence-electron chi connectivity index (χ4n) is 1.68. The lowest BCUT2D eigenvalue weighted by Crippen LogP contribution is -2.24. The summed E-state index contributed by atoms with van der Waals surface area (Å²) in [7, 11) is 3.77. The molecule has 1 atom stereocenters. The third kappa shape index (κ3) is 1.56. The molecule has 76 valence electrons. The largest absolute Gasteiger partial charge is 0.308 e. The van der Waals surface area contributed by atoms with Gasteiger partial charge in [-0.25, -0.2) is 4.98 Å². The molecule has 4 heteroatoms. The van der Waals surface area contributed by atoms with Crippen molar-refractivity contribution in [1.29, 1.82) is 0 Å². The second-order valence-corrected chi connectivity index (χ2v) is 4.00. The molecular formula is C11H13BN2O. The number of rotatable bonds is 1. The van der Waals surface area contributed by atoms with Crippen LogP contribution in [-0.4, -0.2) is 17.4 Å². The first-order valence-corrected chi connectivity index (χ1v) is 5.07. The zero-order chi connectivity index (χ0) is 11.0. The monoisotopic (exact) mass is 200 g/mol. The highest BCUT2D eigenvalue weighted by atomic mass is 16.1. The van der Waals surface area contributed by atoms with E-state index < -0.39 is 0 Å². The standard InChI is InChI=1S/C11H13BN2O/c1-7(12)10-11(15)14(2)9-6-4-3-5-8(9)13-10/h3-7H,12H2,1-2H3. The fourth-order valence-corrected chi connectivity index (χ4v) is 1.68. The van der Waals surface area contributed by atoms with E-state index >= 15 is 0 Å². The number of aryl methyl sites for hydroxylation is 1. The molecule has 0 saturated carbocycles. The zero-order valence-electron chi connectivity index (χ0n) is 9.19. The van der Waals surface area contributed by atoms with Crippen molar-refractivity contribution in [2.75, 3.05) is 0 Å². The van der Waals surface area contributed by atoms with Gasteiger partial charge in [-0.05, 0) is 17.9 Å². The van der Waals surface area contributed by atoms with Crippen molar-refractivity contribution in [2.45, 2.75) is 12.7 Å². The average molecular weight is 200 g/mol. The first-order chi connectivity index (χ1) is 7.11. The van der Waals surface area contributed by atoms with Gasteiger partial charge in [0.2, 0.25) is 0 Å². The molecule has 0 amide bonds. The van der Waals surface area contributed by atoms with E-state index in [1.165, 1.54) is 0 Å². The van der Waals surface area contributed by atoms with Crippen LogP contribution in [0.15, 0.2) is 29.1 Å². The minimum Gasteiger partial charge on any atom is -0.308 e. The molecule has 0 bridgehead atoms. The van der Waals surface area contributed by atoms with Crippen molar-refractivity contribution in [3.8, 4) is 0 Å². The van der Waals surface area contributed by atoms with Crippen molar-refractivity contribution in [2.24, 2.45) is 7.05 Å². The Labute approximate surface area is 89.2 Å². The number of aromatic nitrogens is 2. The van der Waals surface area contributed by atoms with Gasteiger partial charge in [0.25, 0.3) is 5.56 Å². The SMILES string of the molecule is BC(C)c1nc2ccccc2n(C)c1=O. The van der Waals surface area contributed by atoms with Gasteiger partial charge >= 0.3 is 0 Å². The summed E-state index contributed by atoms with van der Waals surface area (Å²) in [4.78, 5) is 16.3. The van der Waals surface area contributed by atoms with Crippen molar-refractivity contribution >= 4 is 18.9 Å². The number of hydrogen-bond donors (Lipinski definition) is 0. The van der Waals surface area contributed by atoms with E-state index in [0.717, 1.165) is 11.0 Å². The van der Waals surface area contributed by atoms with E-state index in [0.29, 0.717) is 5.69 Å². The summed E-state index contributed by atoms with van der Waals surface area (Å²) in [6.07, 6.45) is 0. The van der Waals surface area contributed by atoms with Gasteiger partial charge in [0.05, 0.1) is 11.0 Å². The smallest absolute Gasteiger partial charge is 0.271 e. The van der Waals surface area contributed by atoms with E-state index in [1.807, 2.05) is 39.0 Å². The summed E-state index contributed by atoms with van der Waals surface area (Å²) in [5.41, 5.74) is 2.40. The Hall–Kier alpha value is -1.58. The van der Waals surface area contributed by atoms with Crippen LogP contribution < -0.4 is 5.56 Å². The third-order valence-corrected chi connectivity index (χ3v) is 2.55. The summed E-state index contributed by atoms with van der Waals surface area (Å²) >= 11 is 0. The van der Waals surface area contributed by atoms with Gasteiger partial charge in [0.1, 0.15) is 13.5 Å². The van der Waals surface area contributed by atoms with Crippen LogP contribution in [-0.2, 0) is 7.05 Å². The van der Waals surface area contributed by atoms with Gasteiger partial charge in [0, 0.05) is 7.05 Å². The molecule has 3 nitrogen and oxygen atoms in total. The van der Waals surface area contributed by atoms with Crippen LogP contribution in [0.1, 0.15) is 18.4 Å². The second-order valence-electron chi connectivity index (χ2n) is 4.00. The van der Waals surface area contributed by atoms with Crippen LogP contribution in [0.3, 0.4) is 0 Å². The Morgan fingerprint density at radius 1 is 1.40 bits per heavy atom. The van der Waals surface area contributed by atoms with E-state index in [9.17, 15) is 4.79 Å². The molecule has 1 aromatic carbocycles. The highest BCUT2D eigenvalue weighted by Gasteiger charge is 2.10. The number of nitrogens with zero attached hydrogens (tertiary/aromatic N) is 2. The lowest BCUT2D eigenvalue weighted by atomic mass is 9.86. The first kappa shape index (κ1) is 9.96. The fraction of sp³-hybridized carbons (Fsp3) is 0.273. The van der Waals surface area contributed by atoms with Crippen LogP contribution in [0.25, 0.3) is 11.0 Å². The van der Waals surface area contributed by atoms with Gasteiger partial charge in [-0.15, -0.1) is 0 Å². The summed E-state index contributed by atoms with van der Waals surface area (Å²) in [5.74, 6) is 0.160. The second kappa shape index (κ2) is 3.53. The molecule has 15 heavy (non-hydrogen) atoms. The molecule has 0 aliphatic heterocycles. The highest BCUT2D eigenvalue weighted by Crippen LogP contribution is 2.11. The minimum absolute atomic E-state index is 0.00343. The maximum absolute atomic E-state index is 11.9. The zero-order valence-corrected chi connectivity index (χ0v) is 9.19. The lowest BCUT2D eigenvalue weighted by Gasteiger charge is -2.09. The summed E-state index contributed by atoms with van der Waals surface area (Å²) < 4.78 is 1.66. The number of benzene rings is 1. The molecule has 0 saturated heterocycles. The normalized spacial score (nSPS) is 12.9. The Morgan fingerprint density at radius 2 is 2.07 bits per heavy atom. The minimum atomic E-state index is 0.00343. The lowest BCUT2D eigenvalue weighted by molar-refractivity contribution is 0.838. The molecule has 1 unspecified atom stereocenters. The third-order valence-electron chi connectivity index (χ3n) is 2.55. The highest BCUT2D eigenvalue weighted by molar-refractivity contribution is 6.11. The van der Waals surface area contributed by atoms with Crippen LogP contribution in [0.5, 0.6) is 0 Å². The Kier molecular flexibility index (Phi) is 2.35. The van der Waals surface area contributed by atoms with Crippen molar-refractivity contribution < 1.29 is 0 Å². The van der Waals surface area contributed by atoms with Crippen LogP contribution in [0, 0.1) is 0 Å². The first-order valence-electron chi connectivity index (χ1n) is 5.07. The van der Waals surface area contributed by atoms with Crippen molar-refractivity contribution in [1.82, 2.24) is 9.55 Å². The van der Waals surface area contributed by atoms with Crippen molar-refractivity contribution in [3.05, 3.63) is 40.3 Å². The predicted octanol–water partition coefficient (Wildman–Crippen LogP) is 0.628.